The second kappa shape index (κ2) is 5.86. The van der Waals surface area contributed by atoms with Crippen molar-refractivity contribution in [3.05, 3.63) is 60.0 Å². The molecule has 0 aliphatic heterocycles. The van der Waals surface area contributed by atoms with E-state index >= 15 is 0 Å². The summed E-state index contributed by atoms with van der Waals surface area (Å²) in [5, 5.41) is 4.57. The molecule has 1 atom stereocenters. The predicted molar refractivity (Wildman–Crippen MR) is 82.4 cm³/mol. The Bertz CT molecular complexity index is 875. The van der Waals surface area contributed by atoms with Crippen molar-refractivity contribution in [1.82, 2.24) is 14.9 Å². The number of benzene rings is 1. The Morgan fingerprint density at radius 2 is 1.91 bits per heavy atom. The zero-order valence-corrected chi connectivity index (χ0v) is 12.7. The van der Waals surface area contributed by atoms with Gasteiger partial charge in [-0.05, 0) is 36.8 Å². The van der Waals surface area contributed by atoms with Gasteiger partial charge in [0.2, 0.25) is 10.0 Å². The number of para-hydroxylation sites is 1. The van der Waals surface area contributed by atoms with Gasteiger partial charge in [0.25, 0.3) is 0 Å². The Morgan fingerprint density at radius 3 is 2.68 bits per heavy atom. The lowest BCUT2D eigenvalue weighted by Gasteiger charge is -2.13. The van der Waals surface area contributed by atoms with Crippen LogP contribution in [-0.4, -0.2) is 18.6 Å². The Hall–Kier alpha value is -2.25. The highest BCUT2D eigenvalue weighted by molar-refractivity contribution is 7.88. The standard InChI is InChI=1S/C15H15N3O3S/c1-11(12-6-8-16-9-7-12)18-22(19,20)10-14-13-4-2-3-5-15(13)21-17-14/h2-9,11,18H,10H2,1H3. The van der Waals surface area contributed by atoms with Gasteiger partial charge in [0.15, 0.2) is 5.58 Å². The Morgan fingerprint density at radius 1 is 1.18 bits per heavy atom. The number of nitrogens with zero attached hydrogens (tertiary/aromatic N) is 2. The summed E-state index contributed by atoms with van der Waals surface area (Å²) in [4.78, 5) is 3.92. The fraction of sp³-hybridized carbons (Fsp3) is 0.200. The summed E-state index contributed by atoms with van der Waals surface area (Å²) in [7, 11) is -3.54. The number of pyridine rings is 1. The van der Waals surface area contributed by atoms with Gasteiger partial charge >= 0.3 is 0 Å². The summed E-state index contributed by atoms with van der Waals surface area (Å²) in [5.41, 5.74) is 1.84. The monoisotopic (exact) mass is 317 g/mol. The van der Waals surface area contributed by atoms with Crippen LogP contribution in [-0.2, 0) is 15.8 Å². The largest absolute Gasteiger partial charge is 0.356 e. The normalized spacial score (nSPS) is 13.3. The molecule has 7 heteroatoms. The van der Waals surface area contributed by atoms with E-state index in [1.807, 2.05) is 12.1 Å². The lowest BCUT2D eigenvalue weighted by Crippen LogP contribution is -2.28. The van der Waals surface area contributed by atoms with E-state index in [0.717, 1.165) is 5.56 Å². The van der Waals surface area contributed by atoms with Crippen LogP contribution in [0, 0.1) is 0 Å². The molecule has 0 radical (unpaired) electrons. The molecule has 0 aliphatic carbocycles. The van der Waals surface area contributed by atoms with Crippen molar-refractivity contribution in [3.63, 3.8) is 0 Å². The summed E-state index contributed by atoms with van der Waals surface area (Å²) in [6.07, 6.45) is 3.26. The minimum Gasteiger partial charge on any atom is -0.356 e. The van der Waals surface area contributed by atoms with Crippen molar-refractivity contribution in [1.29, 1.82) is 0 Å². The van der Waals surface area contributed by atoms with Gasteiger partial charge < -0.3 is 4.52 Å². The van der Waals surface area contributed by atoms with Gasteiger partial charge in [-0.1, -0.05) is 17.3 Å². The molecule has 0 aliphatic rings. The highest BCUT2D eigenvalue weighted by Crippen LogP contribution is 2.20. The molecule has 3 aromatic rings. The molecule has 2 heterocycles. The first-order chi connectivity index (χ1) is 10.6. The van der Waals surface area contributed by atoms with Gasteiger partial charge in [-0.15, -0.1) is 0 Å². The Kier molecular flexibility index (Phi) is 3.91. The number of fused-ring (bicyclic) bond motifs is 1. The molecule has 2 aromatic heterocycles. The Balaban J connectivity index is 1.79. The molecular formula is C15H15N3O3S. The topological polar surface area (TPSA) is 85.1 Å². The van der Waals surface area contributed by atoms with E-state index in [4.69, 9.17) is 4.52 Å². The van der Waals surface area contributed by atoms with Gasteiger partial charge in [0.05, 0.1) is 0 Å². The van der Waals surface area contributed by atoms with Crippen LogP contribution < -0.4 is 4.72 Å². The first kappa shape index (κ1) is 14.7. The van der Waals surface area contributed by atoms with Gasteiger partial charge in [0, 0.05) is 23.8 Å². The number of rotatable bonds is 5. The predicted octanol–water partition coefficient (Wildman–Crippen LogP) is 2.40. The first-order valence-electron chi connectivity index (χ1n) is 6.78. The Labute approximate surface area is 128 Å². The van der Waals surface area contributed by atoms with Crippen LogP contribution in [0.5, 0.6) is 0 Å². The molecule has 3 rings (SSSR count). The molecule has 0 fully saturated rings. The van der Waals surface area contributed by atoms with E-state index in [-0.39, 0.29) is 11.8 Å². The van der Waals surface area contributed by atoms with E-state index in [1.54, 1.807) is 43.6 Å². The third kappa shape index (κ3) is 3.15. The maximum Gasteiger partial charge on any atom is 0.218 e. The summed E-state index contributed by atoms with van der Waals surface area (Å²) < 4.78 is 32.4. The second-order valence-corrected chi connectivity index (χ2v) is 6.76. The molecule has 1 unspecified atom stereocenters. The van der Waals surface area contributed by atoms with Crippen LogP contribution in [0.3, 0.4) is 0 Å². The summed E-state index contributed by atoms with van der Waals surface area (Å²) in [5.74, 6) is -0.223. The van der Waals surface area contributed by atoms with Crippen molar-refractivity contribution >= 4 is 21.0 Å². The van der Waals surface area contributed by atoms with Crippen LogP contribution in [0.15, 0.2) is 53.3 Å². The number of hydrogen-bond donors (Lipinski definition) is 1. The molecule has 0 saturated carbocycles. The second-order valence-electron chi connectivity index (χ2n) is 5.00. The van der Waals surface area contributed by atoms with Gasteiger partial charge in [0.1, 0.15) is 11.4 Å². The summed E-state index contributed by atoms with van der Waals surface area (Å²) in [6, 6.07) is 10.4. The van der Waals surface area contributed by atoms with Crippen LogP contribution >= 0.6 is 0 Å². The third-order valence-corrected chi connectivity index (χ3v) is 4.71. The zero-order chi connectivity index (χ0) is 15.6. The van der Waals surface area contributed by atoms with Crippen LogP contribution in [0.2, 0.25) is 0 Å². The molecule has 22 heavy (non-hydrogen) atoms. The van der Waals surface area contributed by atoms with Crippen molar-refractivity contribution < 1.29 is 12.9 Å². The van der Waals surface area contributed by atoms with Crippen molar-refractivity contribution in [2.24, 2.45) is 0 Å². The van der Waals surface area contributed by atoms with Crippen molar-refractivity contribution in [2.45, 2.75) is 18.7 Å². The maximum absolute atomic E-state index is 12.3. The van der Waals surface area contributed by atoms with Crippen LogP contribution in [0.4, 0.5) is 0 Å². The molecule has 0 bridgehead atoms. The summed E-state index contributed by atoms with van der Waals surface area (Å²) >= 11 is 0. The van der Waals surface area contributed by atoms with E-state index in [0.29, 0.717) is 16.7 Å². The third-order valence-electron chi connectivity index (χ3n) is 3.34. The summed E-state index contributed by atoms with van der Waals surface area (Å²) in [6.45, 7) is 1.79. The van der Waals surface area contributed by atoms with Gasteiger partial charge in [-0.3, -0.25) is 4.98 Å². The minimum absolute atomic E-state index is 0.223. The van der Waals surface area contributed by atoms with Crippen LogP contribution in [0.1, 0.15) is 24.2 Å². The lowest BCUT2D eigenvalue weighted by molar-refractivity contribution is 0.448. The van der Waals surface area contributed by atoms with E-state index in [2.05, 4.69) is 14.9 Å². The molecule has 0 amide bonds. The molecule has 0 saturated heterocycles. The van der Waals surface area contributed by atoms with E-state index < -0.39 is 10.0 Å². The van der Waals surface area contributed by atoms with Crippen molar-refractivity contribution in [3.8, 4) is 0 Å². The number of sulfonamides is 1. The van der Waals surface area contributed by atoms with Gasteiger partial charge in [-0.25, -0.2) is 13.1 Å². The molecule has 114 valence electrons. The number of hydrogen-bond acceptors (Lipinski definition) is 5. The SMILES string of the molecule is CC(NS(=O)(=O)Cc1noc2ccccc12)c1ccncc1. The zero-order valence-electron chi connectivity index (χ0n) is 11.9. The highest BCUT2D eigenvalue weighted by atomic mass is 32.2. The van der Waals surface area contributed by atoms with Crippen LogP contribution in [0.25, 0.3) is 11.0 Å². The molecule has 6 nitrogen and oxygen atoms in total. The fourth-order valence-corrected chi connectivity index (χ4v) is 3.58. The van der Waals surface area contributed by atoms with Crippen molar-refractivity contribution in [2.75, 3.05) is 0 Å². The lowest BCUT2D eigenvalue weighted by atomic mass is 10.1. The molecule has 1 N–H and O–H groups in total. The number of aromatic nitrogens is 2. The fourth-order valence-electron chi connectivity index (χ4n) is 2.25. The first-order valence-corrected chi connectivity index (χ1v) is 8.43. The average molecular weight is 317 g/mol. The quantitative estimate of drug-likeness (QED) is 0.781. The van der Waals surface area contributed by atoms with Gasteiger partial charge in [-0.2, -0.15) is 0 Å². The maximum atomic E-state index is 12.3. The van der Waals surface area contributed by atoms with E-state index in [1.165, 1.54) is 0 Å². The van der Waals surface area contributed by atoms with E-state index in [9.17, 15) is 8.42 Å². The smallest absolute Gasteiger partial charge is 0.218 e. The number of nitrogens with one attached hydrogen (secondary N) is 1. The minimum atomic E-state index is -3.54. The molecular weight excluding hydrogens is 302 g/mol. The molecule has 0 spiro atoms. The molecule has 1 aromatic carbocycles. The average Bonchev–Trinajstić information content (AvgIpc) is 2.90. The highest BCUT2D eigenvalue weighted by Gasteiger charge is 2.20.